The quantitative estimate of drug-likeness (QED) is 0.0220. The first-order valence-corrected chi connectivity index (χ1v) is 34.9. The summed E-state index contributed by atoms with van der Waals surface area (Å²) < 4.78 is 76.1. The SMILES string of the molecule is COC(=O)C[C@H](NC(=O)CCOCCOCCOCCOCCOCCOCCN(C[C@H](O)[C@@H](O)[C@H](O)[C@H](O)CO)C[C@H](O)[C@@H](O)[C@H](O)[C@H](O)CO)C(=O)NCCOCCOCCOCCOCCOCCOCCC(=O)NCCCC[C@H](NC(=O)OCC1c2ccccc2-c2ccccc21)C(=O)O. The second-order valence-corrected chi connectivity index (χ2v) is 23.6. The van der Waals surface area contributed by atoms with Crippen molar-refractivity contribution in [1.82, 2.24) is 26.2 Å². The summed E-state index contributed by atoms with van der Waals surface area (Å²) in [6.45, 7) is 3.72. The molecule has 0 aromatic heterocycles. The molecule has 15 N–H and O–H groups in total. The lowest BCUT2D eigenvalue weighted by Crippen LogP contribution is -2.53. The number of alkyl carbamates (subject to hydrolysis) is 1. The highest BCUT2D eigenvalue weighted by Gasteiger charge is 2.35. The lowest BCUT2D eigenvalue weighted by Gasteiger charge is -2.33. The Labute approximate surface area is 605 Å². The first kappa shape index (κ1) is 92.3. The maximum absolute atomic E-state index is 12.9. The number of hydrogen-bond donors (Lipinski definition) is 15. The summed E-state index contributed by atoms with van der Waals surface area (Å²) in [5.74, 6) is -3.34. The van der Waals surface area contributed by atoms with Crippen LogP contribution >= 0.6 is 0 Å². The molecule has 0 heterocycles. The van der Waals surface area contributed by atoms with Crippen LogP contribution in [0.15, 0.2) is 48.5 Å². The van der Waals surface area contributed by atoms with Gasteiger partial charge in [-0.1, -0.05) is 48.5 Å². The Hall–Kier alpha value is -5.86. The second-order valence-electron chi connectivity index (χ2n) is 23.6. The number of amides is 4. The van der Waals surface area contributed by atoms with E-state index in [-0.39, 0.29) is 156 Å². The van der Waals surface area contributed by atoms with Gasteiger partial charge in [-0.25, -0.2) is 9.59 Å². The number of benzene rings is 2. The van der Waals surface area contributed by atoms with E-state index in [1.165, 1.54) is 12.0 Å². The first-order chi connectivity index (χ1) is 50.3. The van der Waals surface area contributed by atoms with Gasteiger partial charge >= 0.3 is 18.0 Å². The highest BCUT2D eigenvalue weighted by atomic mass is 16.6. The summed E-state index contributed by atoms with van der Waals surface area (Å²) in [5, 5.41) is 119. The van der Waals surface area contributed by atoms with E-state index in [2.05, 4.69) is 21.3 Å². The van der Waals surface area contributed by atoms with Crippen molar-refractivity contribution in [3.05, 3.63) is 59.7 Å². The van der Waals surface area contributed by atoms with Crippen molar-refractivity contribution >= 4 is 35.8 Å². The van der Waals surface area contributed by atoms with E-state index in [1.54, 1.807) is 0 Å². The molecule has 2 aromatic rings. The Balaban J connectivity index is 1.06. The molecule has 10 atom stereocenters. The van der Waals surface area contributed by atoms with E-state index in [0.29, 0.717) is 72.2 Å². The third-order valence-electron chi connectivity index (χ3n) is 15.7. The van der Waals surface area contributed by atoms with E-state index in [1.807, 2.05) is 48.5 Å². The van der Waals surface area contributed by atoms with Crippen LogP contribution in [-0.4, -0.2) is 376 Å². The molecule has 4 amide bonds. The number of carbonyl (C=O) groups is 6. The van der Waals surface area contributed by atoms with Crippen LogP contribution in [0, 0.1) is 0 Å². The number of nitrogens with one attached hydrogen (secondary N) is 4. The van der Waals surface area contributed by atoms with Crippen molar-refractivity contribution in [2.45, 2.75) is 105 Å². The molecule has 3 rings (SSSR count). The minimum absolute atomic E-state index is 0.00251. The minimum atomic E-state index is -1.91. The summed E-state index contributed by atoms with van der Waals surface area (Å²) in [7, 11) is 1.17. The van der Waals surface area contributed by atoms with Gasteiger partial charge < -0.3 is 144 Å². The van der Waals surface area contributed by atoms with Crippen LogP contribution in [-0.2, 0) is 90.3 Å². The summed E-state index contributed by atoms with van der Waals surface area (Å²) in [6.07, 6.45) is -14.5. The first-order valence-electron chi connectivity index (χ1n) is 34.9. The van der Waals surface area contributed by atoms with E-state index < -0.39 is 123 Å². The number of aliphatic hydroxyl groups excluding tert-OH is 10. The van der Waals surface area contributed by atoms with Gasteiger partial charge in [0, 0.05) is 51.5 Å². The lowest BCUT2D eigenvalue weighted by atomic mass is 9.98. The van der Waals surface area contributed by atoms with Crippen LogP contribution in [0.2, 0.25) is 0 Å². The minimum Gasteiger partial charge on any atom is -0.480 e. The number of ether oxygens (including phenoxy) is 14. The Morgan fingerprint density at radius 3 is 1.24 bits per heavy atom. The molecule has 36 heteroatoms. The van der Waals surface area contributed by atoms with Gasteiger partial charge in [-0.15, -0.1) is 0 Å². The Morgan fingerprint density at radius 1 is 0.442 bits per heavy atom. The maximum atomic E-state index is 12.9. The average molecular weight is 1500 g/mol. The molecule has 1 aliphatic rings. The molecule has 2 aromatic carbocycles. The lowest BCUT2D eigenvalue weighted by molar-refractivity contribution is -0.143. The van der Waals surface area contributed by atoms with Gasteiger partial charge in [0.1, 0.15) is 55.3 Å². The van der Waals surface area contributed by atoms with Crippen molar-refractivity contribution in [3.8, 4) is 11.1 Å². The fourth-order valence-corrected chi connectivity index (χ4v) is 9.98. The van der Waals surface area contributed by atoms with Crippen molar-refractivity contribution in [3.63, 3.8) is 0 Å². The van der Waals surface area contributed by atoms with Gasteiger partial charge in [0.2, 0.25) is 17.7 Å². The fourth-order valence-electron chi connectivity index (χ4n) is 9.98. The van der Waals surface area contributed by atoms with Crippen LogP contribution in [0.25, 0.3) is 11.1 Å². The number of aliphatic hydroxyl groups is 10. The summed E-state index contributed by atoms with van der Waals surface area (Å²) in [5.41, 5.74) is 4.28. The van der Waals surface area contributed by atoms with Crippen molar-refractivity contribution in [2.75, 3.05) is 218 Å². The van der Waals surface area contributed by atoms with Crippen LogP contribution in [0.3, 0.4) is 0 Å². The van der Waals surface area contributed by atoms with Crippen LogP contribution in [0.1, 0.15) is 55.6 Å². The number of carboxylic acid groups (broad SMARTS) is 1. The molecule has 0 saturated heterocycles. The number of methoxy groups -OCH3 is 1. The van der Waals surface area contributed by atoms with Crippen LogP contribution < -0.4 is 21.3 Å². The third-order valence-corrected chi connectivity index (χ3v) is 15.7. The molecule has 0 fully saturated rings. The van der Waals surface area contributed by atoms with Gasteiger partial charge in [0.25, 0.3) is 0 Å². The molecular formula is C68H113N5O31. The van der Waals surface area contributed by atoms with E-state index in [4.69, 9.17) is 76.5 Å². The third kappa shape index (κ3) is 40.7. The zero-order chi connectivity index (χ0) is 76.0. The smallest absolute Gasteiger partial charge is 0.407 e. The molecule has 0 unspecified atom stereocenters. The highest BCUT2D eigenvalue weighted by Crippen LogP contribution is 2.44. The van der Waals surface area contributed by atoms with Gasteiger partial charge in [-0.05, 0) is 41.5 Å². The summed E-state index contributed by atoms with van der Waals surface area (Å²) in [4.78, 5) is 75.6. The van der Waals surface area contributed by atoms with Gasteiger partial charge in [-0.2, -0.15) is 0 Å². The molecule has 1 aliphatic carbocycles. The van der Waals surface area contributed by atoms with Crippen molar-refractivity contribution < 1.29 is 151 Å². The molecular weight excluding hydrogens is 1380 g/mol. The molecule has 596 valence electrons. The number of hydrogen-bond acceptors (Lipinski definition) is 31. The van der Waals surface area contributed by atoms with E-state index in [9.17, 15) is 74.7 Å². The Morgan fingerprint density at radius 2 is 0.827 bits per heavy atom. The van der Waals surface area contributed by atoms with E-state index in [0.717, 1.165) is 22.3 Å². The van der Waals surface area contributed by atoms with Gasteiger partial charge in [-0.3, -0.25) is 24.1 Å². The monoisotopic (exact) mass is 1500 g/mol. The van der Waals surface area contributed by atoms with Gasteiger partial charge in [0.05, 0.1) is 198 Å². The van der Waals surface area contributed by atoms with Crippen molar-refractivity contribution in [2.24, 2.45) is 0 Å². The summed E-state index contributed by atoms with van der Waals surface area (Å²) in [6, 6.07) is 13.5. The number of esters is 1. The highest BCUT2D eigenvalue weighted by molar-refractivity contribution is 5.91. The number of rotatable bonds is 67. The van der Waals surface area contributed by atoms with Crippen molar-refractivity contribution in [1.29, 1.82) is 0 Å². The molecule has 0 aliphatic heterocycles. The summed E-state index contributed by atoms with van der Waals surface area (Å²) >= 11 is 0. The number of fused-ring (bicyclic) bond motifs is 3. The average Bonchev–Trinajstić information content (AvgIpc) is 1.62. The van der Waals surface area contributed by atoms with Gasteiger partial charge in [0.15, 0.2) is 0 Å². The number of aliphatic carboxylic acids is 1. The normalized spacial score (nSPS) is 15.0. The molecule has 0 spiro atoms. The second kappa shape index (κ2) is 58.3. The standard InChI is InChI=1S/C68H113N5O31/c1-91-61(82)42-54(71-60(81)14-19-93-23-27-97-31-35-101-39-41-103-37-33-99-29-25-95-21-17-73(43-55(76)62(83)64(85)57(78)45-74)44-56(77)63(84)65(86)58(79)46-75)66(87)70-16-20-94-24-28-98-32-36-102-40-38-100-34-30-96-26-22-92-18-13-59(80)69-15-7-6-12-53(67(88)89)72-68(90)104-47-52-50-10-4-2-8-48(50)49-9-3-5-11-51(49)52/h2-5,8-11,52-58,62-65,74-79,83-86H,6-7,12-47H2,1H3,(H,69,80)(H,70,87)(H,71,81)(H,72,90)(H,88,89)/t53-,54-,55-,56-,57+,58+,62+,63+,64+,65+/m0/s1. The largest absolute Gasteiger partial charge is 0.480 e. The number of nitrogens with zero attached hydrogens (tertiary/aromatic N) is 1. The predicted octanol–water partition coefficient (Wildman–Crippen LogP) is -4.42. The fraction of sp³-hybridized carbons (Fsp3) is 0.735. The molecule has 0 radical (unpaired) electrons. The Kier molecular flexibility index (Phi) is 51.7. The number of carbonyl (C=O) groups excluding carboxylic acids is 5. The topological polar surface area (TPSA) is 506 Å². The Bertz CT molecular complexity index is 2530. The number of carboxylic acids is 1. The van der Waals surface area contributed by atoms with Crippen LogP contribution in [0.4, 0.5) is 4.79 Å². The molecule has 36 nitrogen and oxygen atoms in total. The zero-order valence-corrected chi connectivity index (χ0v) is 59.4. The molecule has 104 heavy (non-hydrogen) atoms. The maximum Gasteiger partial charge on any atom is 0.407 e. The molecule has 0 bridgehead atoms. The zero-order valence-electron chi connectivity index (χ0n) is 59.4. The van der Waals surface area contributed by atoms with E-state index >= 15 is 0 Å². The van der Waals surface area contributed by atoms with Crippen LogP contribution in [0.5, 0.6) is 0 Å². The number of unbranched alkanes of at least 4 members (excludes halogenated alkanes) is 1. The molecule has 0 saturated carbocycles. The predicted molar refractivity (Wildman–Crippen MR) is 366 cm³/mol.